The third-order valence-corrected chi connectivity index (χ3v) is 6.24. The van der Waals surface area contributed by atoms with Gasteiger partial charge in [-0.3, -0.25) is 0 Å². The molecular formula is C17H21BrClNS. The van der Waals surface area contributed by atoms with Crippen LogP contribution in [0.15, 0.2) is 34.8 Å². The highest BCUT2D eigenvalue weighted by atomic mass is 79.9. The molecule has 1 heterocycles. The molecular weight excluding hydrogens is 366 g/mol. The van der Waals surface area contributed by atoms with Gasteiger partial charge >= 0.3 is 0 Å². The van der Waals surface area contributed by atoms with Crippen molar-refractivity contribution in [2.75, 3.05) is 6.54 Å². The van der Waals surface area contributed by atoms with Crippen LogP contribution in [0.3, 0.4) is 0 Å². The Morgan fingerprint density at radius 2 is 1.95 bits per heavy atom. The van der Waals surface area contributed by atoms with Gasteiger partial charge in [0.1, 0.15) is 0 Å². The zero-order chi connectivity index (χ0) is 15.6. The lowest BCUT2D eigenvalue weighted by Crippen LogP contribution is -2.21. The maximum Gasteiger partial charge on any atom is 0.0686 e. The summed E-state index contributed by atoms with van der Waals surface area (Å²) >= 11 is 11.9. The molecule has 0 aliphatic carbocycles. The van der Waals surface area contributed by atoms with Gasteiger partial charge in [-0.2, -0.15) is 0 Å². The zero-order valence-corrected chi connectivity index (χ0v) is 16.0. The van der Waals surface area contributed by atoms with E-state index in [-0.39, 0.29) is 11.5 Å². The van der Waals surface area contributed by atoms with Gasteiger partial charge in [0.2, 0.25) is 0 Å². The molecule has 0 aliphatic heterocycles. The second-order valence-electron chi connectivity index (χ2n) is 6.09. The number of thiophene rings is 1. The van der Waals surface area contributed by atoms with E-state index < -0.39 is 0 Å². The van der Waals surface area contributed by atoms with Crippen LogP contribution >= 0.6 is 38.9 Å². The number of rotatable bonds is 4. The van der Waals surface area contributed by atoms with E-state index in [1.54, 1.807) is 0 Å². The lowest BCUT2D eigenvalue weighted by Gasteiger charge is -2.20. The molecule has 0 fully saturated rings. The van der Waals surface area contributed by atoms with E-state index in [1.165, 1.54) is 9.75 Å². The summed E-state index contributed by atoms with van der Waals surface area (Å²) in [5, 5.41) is 4.34. The number of halogens is 2. The average Bonchev–Trinajstić information content (AvgIpc) is 2.89. The van der Waals surface area contributed by atoms with Crippen LogP contribution in [0.1, 0.15) is 49.1 Å². The fourth-order valence-corrected chi connectivity index (χ4v) is 4.00. The predicted molar refractivity (Wildman–Crippen MR) is 97.7 cm³/mol. The molecule has 1 atom stereocenters. The minimum absolute atomic E-state index is 0.140. The molecule has 1 aromatic heterocycles. The van der Waals surface area contributed by atoms with Gasteiger partial charge < -0.3 is 5.32 Å². The second-order valence-corrected chi connectivity index (χ2v) is 8.43. The van der Waals surface area contributed by atoms with E-state index in [2.05, 4.69) is 67.1 Å². The van der Waals surface area contributed by atoms with Crippen LogP contribution in [-0.4, -0.2) is 6.54 Å². The molecule has 0 saturated heterocycles. The fraction of sp³-hybridized carbons (Fsp3) is 0.412. The molecule has 1 nitrogen and oxygen atoms in total. The summed E-state index contributed by atoms with van der Waals surface area (Å²) in [6.07, 6.45) is 0. The van der Waals surface area contributed by atoms with E-state index >= 15 is 0 Å². The smallest absolute Gasteiger partial charge is 0.0686 e. The Balaban J connectivity index is 2.44. The molecule has 0 radical (unpaired) electrons. The Hall–Kier alpha value is -0.350. The number of hydrogen-bond acceptors (Lipinski definition) is 2. The van der Waals surface area contributed by atoms with Crippen LogP contribution in [-0.2, 0) is 5.41 Å². The lowest BCUT2D eigenvalue weighted by molar-refractivity contribution is 0.604. The minimum Gasteiger partial charge on any atom is -0.306 e. The van der Waals surface area contributed by atoms with Gasteiger partial charge in [0.25, 0.3) is 0 Å². The average molecular weight is 387 g/mol. The third kappa shape index (κ3) is 3.89. The normalized spacial score (nSPS) is 13.4. The monoisotopic (exact) mass is 385 g/mol. The first-order valence-corrected chi connectivity index (χ1v) is 9.11. The van der Waals surface area contributed by atoms with Gasteiger partial charge in [0.05, 0.1) is 11.1 Å². The first-order chi connectivity index (χ1) is 9.84. The van der Waals surface area contributed by atoms with Crippen LogP contribution in [0.2, 0.25) is 5.02 Å². The molecule has 0 aliphatic rings. The molecule has 4 heteroatoms. The second kappa shape index (κ2) is 6.82. The van der Waals surface area contributed by atoms with Crippen molar-refractivity contribution in [3.8, 4) is 0 Å². The standard InChI is InChI=1S/C17H21BrClNS/c1-5-20-16(11-7-6-8-12(18)15(11)19)13-9-10-14(21-13)17(2,3)4/h6-10,16,20H,5H2,1-4H3. The van der Waals surface area contributed by atoms with Crippen LogP contribution in [0.5, 0.6) is 0 Å². The van der Waals surface area contributed by atoms with Crippen molar-refractivity contribution < 1.29 is 0 Å². The first kappa shape index (κ1) is 17.0. The van der Waals surface area contributed by atoms with E-state index in [0.717, 1.165) is 21.6 Å². The molecule has 0 amide bonds. The maximum atomic E-state index is 6.49. The summed E-state index contributed by atoms with van der Waals surface area (Å²) in [5.41, 5.74) is 1.30. The molecule has 2 aromatic rings. The van der Waals surface area contributed by atoms with Gasteiger partial charge in [-0.05, 0) is 51.7 Å². The van der Waals surface area contributed by atoms with Crippen LogP contribution < -0.4 is 5.32 Å². The van der Waals surface area contributed by atoms with Crippen molar-refractivity contribution in [2.24, 2.45) is 0 Å². The molecule has 114 valence electrons. The molecule has 1 N–H and O–H groups in total. The molecule has 21 heavy (non-hydrogen) atoms. The number of nitrogens with one attached hydrogen (secondary N) is 1. The van der Waals surface area contributed by atoms with Crippen LogP contribution in [0, 0.1) is 0 Å². The van der Waals surface area contributed by atoms with Gasteiger partial charge in [-0.15, -0.1) is 11.3 Å². The highest BCUT2D eigenvalue weighted by Gasteiger charge is 2.22. The number of hydrogen-bond donors (Lipinski definition) is 1. The Labute approximate surface area is 144 Å². The summed E-state index contributed by atoms with van der Waals surface area (Å²) in [5.74, 6) is 0. The van der Waals surface area contributed by atoms with E-state index in [4.69, 9.17) is 11.6 Å². The van der Waals surface area contributed by atoms with Crippen LogP contribution in [0.25, 0.3) is 0 Å². The summed E-state index contributed by atoms with van der Waals surface area (Å²) < 4.78 is 0.942. The van der Waals surface area contributed by atoms with Crippen molar-refractivity contribution in [3.05, 3.63) is 55.1 Å². The Morgan fingerprint density at radius 3 is 2.52 bits per heavy atom. The Morgan fingerprint density at radius 1 is 1.24 bits per heavy atom. The van der Waals surface area contributed by atoms with Crippen molar-refractivity contribution in [2.45, 2.75) is 39.2 Å². The summed E-state index contributed by atoms with van der Waals surface area (Å²) in [6.45, 7) is 9.76. The van der Waals surface area contributed by atoms with Crippen molar-refractivity contribution in [3.63, 3.8) is 0 Å². The van der Waals surface area contributed by atoms with Crippen molar-refractivity contribution >= 4 is 38.9 Å². The molecule has 0 spiro atoms. The topological polar surface area (TPSA) is 12.0 Å². The quantitative estimate of drug-likeness (QED) is 0.663. The van der Waals surface area contributed by atoms with E-state index in [1.807, 2.05) is 23.5 Å². The molecule has 1 aromatic carbocycles. The highest BCUT2D eigenvalue weighted by molar-refractivity contribution is 9.10. The fourth-order valence-electron chi connectivity index (χ4n) is 2.22. The van der Waals surface area contributed by atoms with Crippen LogP contribution in [0.4, 0.5) is 0 Å². The SMILES string of the molecule is CCNC(c1ccc(C(C)(C)C)s1)c1cccc(Br)c1Cl. The number of benzene rings is 1. The van der Waals surface area contributed by atoms with E-state index in [9.17, 15) is 0 Å². The predicted octanol–water partition coefficient (Wildman–Crippen LogP) is 6.16. The zero-order valence-electron chi connectivity index (χ0n) is 12.8. The molecule has 0 saturated carbocycles. The first-order valence-electron chi connectivity index (χ1n) is 7.12. The summed E-state index contributed by atoms with van der Waals surface area (Å²) in [7, 11) is 0. The Kier molecular flexibility index (Phi) is 5.53. The van der Waals surface area contributed by atoms with E-state index in [0.29, 0.717) is 0 Å². The minimum atomic E-state index is 0.140. The van der Waals surface area contributed by atoms with Crippen molar-refractivity contribution in [1.29, 1.82) is 0 Å². The van der Waals surface area contributed by atoms with Gasteiger partial charge in [-0.25, -0.2) is 0 Å². The Bertz CT molecular complexity index is 615. The summed E-state index contributed by atoms with van der Waals surface area (Å²) in [4.78, 5) is 2.70. The molecule has 1 unspecified atom stereocenters. The lowest BCUT2D eigenvalue weighted by atomic mass is 9.95. The third-order valence-electron chi connectivity index (χ3n) is 3.35. The van der Waals surface area contributed by atoms with Gasteiger partial charge in [0.15, 0.2) is 0 Å². The summed E-state index contributed by atoms with van der Waals surface area (Å²) in [6, 6.07) is 10.7. The highest BCUT2D eigenvalue weighted by Crippen LogP contribution is 2.38. The van der Waals surface area contributed by atoms with Crippen molar-refractivity contribution in [1.82, 2.24) is 5.32 Å². The molecule has 2 rings (SSSR count). The molecule has 0 bridgehead atoms. The van der Waals surface area contributed by atoms with Gasteiger partial charge in [0, 0.05) is 14.2 Å². The maximum absolute atomic E-state index is 6.49. The largest absolute Gasteiger partial charge is 0.306 e. The van der Waals surface area contributed by atoms with Gasteiger partial charge in [-0.1, -0.05) is 51.4 Å².